The molecule has 4 rings (SSSR count). The molecule has 27 heavy (non-hydrogen) atoms. The minimum Gasteiger partial charge on any atom is -0.272 e. The number of aromatic nitrogens is 2. The predicted molar refractivity (Wildman–Crippen MR) is 87.5 cm³/mol. The molecule has 1 amide bonds. The molecule has 3 heterocycles. The summed E-state index contributed by atoms with van der Waals surface area (Å²) in [4.78, 5) is 16.1. The highest BCUT2D eigenvalue weighted by Gasteiger charge is 2.36. The number of hydrogen-bond acceptors (Lipinski definition) is 2. The maximum absolute atomic E-state index is 13.6. The summed E-state index contributed by atoms with van der Waals surface area (Å²) in [7, 11) is 0. The fourth-order valence-corrected chi connectivity index (χ4v) is 3.35. The number of alkyl halides is 5. The molecule has 2 aromatic heterocycles. The Hall–Kier alpha value is -2.97. The van der Waals surface area contributed by atoms with Crippen molar-refractivity contribution in [1.29, 1.82) is 0 Å². The smallest absolute Gasteiger partial charge is 0.272 e. The molecule has 0 fully saturated rings. The van der Waals surface area contributed by atoms with Crippen LogP contribution in [0.2, 0.25) is 0 Å². The van der Waals surface area contributed by atoms with Crippen LogP contribution in [0, 0.1) is 6.92 Å². The molecule has 0 saturated heterocycles. The summed E-state index contributed by atoms with van der Waals surface area (Å²) < 4.78 is 67.3. The highest BCUT2D eigenvalue weighted by Crippen LogP contribution is 2.38. The molecule has 0 unspecified atom stereocenters. The van der Waals surface area contributed by atoms with E-state index in [0.717, 1.165) is 27.9 Å². The Balaban J connectivity index is 2.04. The molecule has 1 aromatic carbocycles. The lowest BCUT2D eigenvalue weighted by Crippen LogP contribution is -2.34. The van der Waals surface area contributed by atoms with Gasteiger partial charge >= 0.3 is 6.18 Å². The van der Waals surface area contributed by atoms with E-state index >= 15 is 0 Å². The minimum atomic E-state index is -4.74. The Morgan fingerprint density at radius 2 is 1.89 bits per heavy atom. The number of halogens is 5. The van der Waals surface area contributed by atoms with Gasteiger partial charge in [-0.1, -0.05) is 18.2 Å². The van der Waals surface area contributed by atoms with Crippen LogP contribution in [-0.4, -0.2) is 15.6 Å². The van der Waals surface area contributed by atoms with Crippen LogP contribution in [0.1, 0.15) is 28.9 Å². The summed E-state index contributed by atoms with van der Waals surface area (Å²) >= 11 is 0. The molecule has 0 atom stereocenters. The van der Waals surface area contributed by atoms with Crippen molar-refractivity contribution in [3.8, 4) is 0 Å². The number of pyridine rings is 1. The van der Waals surface area contributed by atoms with Crippen molar-refractivity contribution < 1.29 is 26.7 Å². The SMILES string of the molecule is Cc1cccc2c1N(n1c(C(F)F)cc3ccc(C(F)(F)F)nc31)C(=O)C2. The van der Waals surface area contributed by atoms with E-state index in [9.17, 15) is 26.7 Å². The first-order chi connectivity index (χ1) is 12.7. The third kappa shape index (κ3) is 2.65. The van der Waals surface area contributed by atoms with Gasteiger partial charge in [0.25, 0.3) is 12.3 Å². The van der Waals surface area contributed by atoms with Gasteiger partial charge in [-0.3, -0.25) is 4.79 Å². The van der Waals surface area contributed by atoms with Gasteiger partial charge in [0, 0.05) is 5.39 Å². The number of aryl methyl sites for hydroxylation is 1. The molecule has 4 nitrogen and oxygen atoms in total. The van der Waals surface area contributed by atoms with Crippen molar-refractivity contribution in [2.24, 2.45) is 0 Å². The normalized spacial score (nSPS) is 14.5. The summed E-state index contributed by atoms with van der Waals surface area (Å²) in [6, 6.07) is 7.97. The summed E-state index contributed by atoms with van der Waals surface area (Å²) in [6.45, 7) is 1.70. The molecule has 0 N–H and O–H groups in total. The summed E-state index contributed by atoms with van der Waals surface area (Å²) in [5.41, 5.74) is -0.500. The summed E-state index contributed by atoms with van der Waals surface area (Å²) in [5, 5.41) is 1.09. The number of carbonyl (C=O) groups is 1. The second-order valence-corrected chi connectivity index (χ2v) is 6.25. The average molecular weight is 381 g/mol. The number of fused-ring (bicyclic) bond motifs is 2. The van der Waals surface area contributed by atoms with Crippen molar-refractivity contribution in [2.45, 2.75) is 25.9 Å². The Bertz CT molecular complexity index is 1070. The number of nitrogens with zero attached hydrogens (tertiary/aromatic N) is 3. The molecular formula is C18H12F5N3O. The molecule has 1 aliphatic heterocycles. The third-order valence-electron chi connectivity index (χ3n) is 4.48. The number of para-hydroxylation sites is 1. The summed E-state index contributed by atoms with van der Waals surface area (Å²) in [5.74, 6) is -0.516. The highest BCUT2D eigenvalue weighted by molar-refractivity contribution is 6.03. The van der Waals surface area contributed by atoms with E-state index in [-0.39, 0.29) is 17.5 Å². The fraction of sp³-hybridized carbons (Fsp3) is 0.222. The van der Waals surface area contributed by atoms with Gasteiger partial charge < -0.3 is 0 Å². The van der Waals surface area contributed by atoms with Crippen LogP contribution in [0.3, 0.4) is 0 Å². The van der Waals surface area contributed by atoms with Gasteiger partial charge in [0.15, 0.2) is 5.65 Å². The number of anilines is 1. The lowest BCUT2D eigenvalue weighted by Gasteiger charge is -2.23. The van der Waals surface area contributed by atoms with Gasteiger partial charge in [-0.25, -0.2) is 23.4 Å². The maximum atomic E-state index is 13.6. The zero-order valence-corrected chi connectivity index (χ0v) is 13.9. The zero-order valence-electron chi connectivity index (χ0n) is 13.9. The molecule has 3 aromatic rings. The second kappa shape index (κ2) is 5.77. The molecule has 0 spiro atoms. The average Bonchev–Trinajstić information content (AvgIpc) is 3.11. The third-order valence-corrected chi connectivity index (χ3v) is 4.48. The van der Waals surface area contributed by atoms with E-state index < -0.39 is 29.9 Å². The predicted octanol–water partition coefficient (Wildman–Crippen LogP) is 4.65. The van der Waals surface area contributed by atoms with Crippen LogP contribution in [-0.2, 0) is 17.4 Å². The molecule has 140 valence electrons. The van der Waals surface area contributed by atoms with E-state index in [4.69, 9.17) is 0 Å². The standard InChI is InChI=1S/C18H12F5N3O/c1-9-3-2-4-10-8-14(27)26(15(9)10)25-12(16(19)20)7-11-5-6-13(18(21,22)23)24-17(11)25/h2-7,16H,8H2,1H3. The molecule has 1 aliphatic rings. The second-order valence-electron chi connectivity index (χ2n) is 6.25. The van der Waals surface area contributed by atoms with Crippen molar-refractivity contribution in [2.75, 3.05) is 5.01 Å². The fourth-order valence-electron chi connectivity index (χ4n) is 3.35. The van der Waals surface area contributed by atoms with Crippen molar-refractivity contribution in [1.82, 2.24) is 9.66 Å². The largest absolute Gasteiger partial charge is 0.433 e. The van der Waals surface area contributed by atoms with E-state index in [1.54, 1.807) is 25.1 Å². The maximum Gasteiger partial charge on any atom is 0.433 e. The Morgan fingerprint density at radius 3 is 2.56 bits per heavy atom. The first-order valence-electron chi connectivity index (χ1n) is 7.98. The van der Waals surface area contributed by atoms with E-state index in [1.807, 2.05) is 0 Å². The van der Waals surface area contributed by atoms with Crippen LogP contribution < -0.4 is 5.01 Å². The van der Waals surface area contributed by atoms with Crippen LogP contribution in [0.15, 0.2) is 36.4 Å². The Morgan fingerprint density at radius 1 is 1.15 bits per heavy atom. The van der Waals surface area contributed by atoms with E-state index in [2.05, 4.69) is 4.98 Å². The Kier molecular flexibility index (Phi) is 3.72. The number of carbonyl (C=O) groups excluding carboxylic acids is 1. The minimum absolute atomic E-state index is 0.0294. The van der Waals surface area contributed by atoms with Crippen molar-refractivity contribution in [3.05, 3.63) is 58.9 Å². The lowest BCUT2D eigenvalue weighted by molar-refractivity contribution is -0.141. The monoisotopic (exact) mass is 381 g/mol. The molecule has 0 aliphatic carbocycles. The number of benzene rings is 1. The number of amides is 1. The molecule has 0 radical (unpaired) electrons. The molecule has 0 bridgehead atoms. The quantitative estimate of drug-likeness (QED) is 0.606. The number of hydrogen-bond donors (Lipinski definition) is 0. The van der Waals surface area contributed by atoms with Crippen LogP contribution in [0.5, 0.6) is 0 Å². The zero-order chi connectivity index (χ0) is 19.5. The first kappa shape index (κ1) is 17.4. The lowest BCUT2D eigenvalue weighted by atomic mass is 10.1. The molecule has 9 heteroatoms. The van der Waals surface area contributed by atoms with E-state index in [1.165, 1.54) is 0 Å². The van der Waals surface area contributed by atoms with E-state index in [0.29, 0.717) is 16.8 Å². The molecule has 0 saturated carbocycles. The van der Waals surface area contributed by atoms with Gasteiger partial charge in [0.05, 0.1) is 12.1 Å². The topological polar surface area (TPSA) is 38.1 Å². The summed E-state index contributed by atoms with van der Waals surface area (Å²) in [6.07, 6.45) is -7.77. The van der Waals surface area contributed by atoms with Crippen LogP contribution >= 0.6 is 0 Å². The molecular weight excluding hydrogens is 369 g/mol. The Labute approximate surface area is 149 Å². The van der Waals surface area contributed by atoms with Gasteiger partial charge in [-0.05, 0) is 36.2 Å². The van der Waals surface area contributed by atoms with Gasteiger partial charge in [0.1, 0.15) is 11.4 Å². The highest BCUT2D eigenvalue weighted by atomic mass is 19.4. The number of rotatable bonds is 2. The van der Waals surface area contributed by atoms with Crippen molar-refractivity contribution >= 4 is 22.6 Å². The van der Waals surface area contributed by atoms with Crippen molar-refractivity contribution in [3.63, 3.8) is 0 Å². The van der Waals surface area contributed by atoms with Gasteiger partial charge in [0.2, 0.25) is 0 Å². The van der Waals surface area contributed by atoms with Crippen LogP contribution in [0.4, 0.5) is 27.6 Å². The first-order valence-corrected chi connectivity index (χ1v) is 7.98. The van der Waals surface area contributed by atoms with Crippen LogP contribution in [0.25, 0.3) is 11.0 Å². The van der Waals surface area contributed by atoms with Gasteiger partial charge in [-0.15, -0.1) is 0 Å². The van der Waals surface area contributed by atoms with Gasteiger partial charge in [-0.2, -0.15) is 13.2 Å².